The Morgan fingerprint density at radius 3 is 1.90 bits per heavy atom. The molecule has 0 aliphatic rings. The van der Waals surface area contributed by atoms with Crippen molar-refractivity contribution < 1.29 is 34.5 Å². The first kappa shape index (κ1) is 27.7. The minimum atomic E-state index is -1.43. The molecule has 5 unspecified atom stereocenters. The van der Waals surface area contributed by atoms with E-state index in [0.717, 1.165) is 0 Å². The Morgan fingerprint density at radius 2 is 1.47 bits per heavy atom. The molecule has 0 fully saturated rings. The summed E-state index contributed by atoms with van der Waals surface area (Å²) >= 11 is 0. The highest BCUT2D eigenvalue weighted by Gasteiger charge is 2.32. The molecule has 0 aromatic carbocycles. The second-order valence-corrected chi connectivity index (χ2v) is 7.43. The molecule has 0 bridgehead atoms. The molecule has 12 heteroatoms. The van der Waals surface area contributed by atoms with Gasteiger partial charge in [0.15, 0.2) is 0 Å². The molecule has 0 saturated carbocycles. The molecule has 0 spiro atoms. The fraction of sp³-hybridized carbons (Fsp3) is 0.778. The first-order valence-corrected chi connectivity index (χ1v) is 9.84. The third-order valence-corrected chi connectivity index (χ3v) is 4.41. The molecule has 0 aliphatic heterocycles. The van der Waals surface area contributed by atoms with Gasteiger partial charge in [-0.15, -0.1) is 0 Å². The second kappa shape index (κ2) is 13.9. The number of nitrogens with one attached hydrogen (secondary N) is 3. The Balaban J connectivity index is 5.39. The standard InChI is InChI=1S/C18H35N5O7/c1-9(2)13(18(29)30)22-16(27)12(6-4-5-7-19)21-17(28)14(10(3)25)23-15(26)11(20)8-24/h9-14,24-25H,4-8,19-20H2,1-3H3,(H,21,28)(H,22,27)(H,23,26)(H,29,30). The van der Waals surface area contributed by atoms with E-state index in [1.54, 1.807) is 13.8 Å². The molecule has 12 nitrogen and oxygen atoms in total. The van der Waals surface area contributed by atoms with E-state index in [1.165, 1.54) is 6.92 Å². The normalized spacial score (nSPS) is 16.1. The van der Waals surface area contributed by atoms with E-state index in [9.17, 15) is 29.4 Å². The highest BCUT2D eigenvalue weighted by molar-refractivity contribution is 5.94. The predicted molar refractivity (Wildman–Crippen MR) is 108 cm³/mol. The van der Waals surface area contributed by atoms with Gasteiger partial charge in [-0.1, -0.05) is 13.8 Å². The first-order chi connectivity index (χ1) is 14.0. The van der Waals surface area contributed by atoms with E-state index in [2.05, 4.69) is 16.0 Å². The van der Waals surface area contributed by atoms with Gasteiger partial charge in [0.05, 0.1) is 12.7 Å². The number of carboxylic acid groups (broad SMARTS) is 1. The van der Waals surface area contributed by atoms with Gasteiger partial charge in [-0.3, -0.25) is 14.4 Å². The Kier molecular flexibility index (Phi) is 12.8. The molecule has 10 N–H and O–H groups in total. The van der Waals surface area contributed by atoms with Gasteiger partial charge in [0.1, 0.15) is 24.2 Å². The van der Waals surface area contributed by atoms with Gasteiger partial charge < -0.3 is 42.7 Å². The third kappa shape index (κ3) is 9.48. The van der Waals surface area contributed by atoms with Gasteiger partial charge in [0, 0.05) is 0 Å². The highest BCUT2D eigenvalue weighted by atomic mass is 16.4. The van der Waals surface area contributed by atoms with Crippen LogP contribution in [0.1, 0.15) is 40.0 Å². The summed E-state index contributed by atoms with van der Waals surface area (Å²) in [6.07, 6.45) is -0.0886. The van der Waals surface area contributed by atoms with Crippen LogP contribution in [-0.4, -0.2) is 82.4 Å². The molecule has 0 aliphatic carbocycles. The van der Waals surface area contributed by atoms with E-state index in [4.69, 9.17) is 16.6 Å². The van der Waals surface area contributed by atoms with Gasteiger partial charge in [0.25, 0.3) is 0 Å². The molecule has 30 heavy (non-hydrogen) atoms. The lowest BCUT2D eigenvalue weighted by atomic mass is 10.0. The highest BCUT2D eigenvalue weighted by Crippen LogP contribution is 2.07. The zero-order chi connectivity index (χ0) is 23.4. The minimum absolute atomic E-state index is 0.176. The number of aliphatic hydroxyl groups excluding tert-OH is 2. The van der Waals surface area contributed by atoms with Gasteiger partial charge >= 0.3 is 5.97 Å². The van der Waals surface area contributed by atoms with Crippen LogP contribution in [0.15, 0.2) is 0 Å². The lowest BCUT2D eigenvalue weighted by Gasteiger charge is -2.27. The van der Waals surface area contributed by atoms with E-state index in [-0.39, 0.29) is 6.42 Å². The quantitative estimate of drug-likeness (QED) is 0.131. The molecule has 0 rings (SSSR count). The number of hydrogen-bond acceptors (Lipinski definition) is 8. The molecule has 174 valence electrons. The average Bonchev–Trinajstić information content (AvgIpc) is 2.67. The zero-order valence-corrected chi connectivity index (χ0v) is 17.6. The molecule has 0 radical (unpaired) electrons. The predicted octanol–water partition coefficient (Wildman–Crippen LogP) is -2.99. The zero-order valence-electron chi connectivity index (χ0n) is 17.6. The van der Waals surface area contributed by atoms with Gasteiger partial charge in [-0.05, 0) is 38.6 Å². The number of nitrogens with two attached hydrogens (primary N) is 2. The number of aliphatic hydroxyl groups is 2. The number of carbonyl (C=O) groups is 4. The maximum Gasteiger partial charge on any atom is 0.326 e. The number of hydrogen-bond donors (Lipinski definition) is 8. The number of carboxylic acids is 1. The SMILES string of the molecule is CC(C)C(NC(=O)C(CCCCN)NC(=O)C(NC(=O)C(N)CO)C(C)O)C(=O)O. The topological polar surface area (TPSA) is 217 Å². The third-order valence-electron chi connectivity index (χ3n) is 4.41. The fourth-order valence-corrected chi connectivity index (χ4v) is 2.54. The van der Waals surface area contributed by atoms with Crippen LogP contribution in [-0.2, 0) is 19.2 Å². The Hall–Kier alpha value is -2.28. The van der Waals surface area contributed by atoms with Crippen LogP contribution in [0.2, 0.25) is 0 Å². The summed E-state index contributed by atoms with van der Waals surface area (Å²) in [5.74, 6) is -4.01. The fourth-order valence-electron chi connectivity index (χ4n) is 2.54. The number of unbranched alkanes of at least 4 members (excludes halogenated alkanes) is 1. The summed E-state index contributed by atoms with van der Waals surface area (Å²) in [6.45, 7) is 4.24. The first-order valence-electron chi connectivity index (χ1n) is 9.84. The lowest BCUT2D eigenvalue weighted by molar-refractivity contribution is -0.143. The summed E-state index contributed by atoms with van der Waals surface area (Å²) in [7, 11) is 0. The molecule has 3 amide bonds. The maximum absolute atomic E-state index is 12.6. The molecule has 0 aromatic heterocycles. The van der Waals surface area contributed by atoms with E-state index < -0.39 is 66.5 Å². The Labute approximate surface area is 175 Å². The van der Waals surface area contributed by atoms with Crippen LogP contribution in [0.25, 0.3) is 0 Å². The minimum Gasteiger partial charge on any atom is -0.480 e. The van der Waals surface area contributed by atoms with Crippen molar-refractivity contribution in [2.24, 2.45) is 17.4 Å². The van der Waals surface area contributed by atoms with Crippen molar-refractivity contribution >= 4 is 23.7 Å². The summed E-state index contributed by atoms with van der Waals surface area (Å²) in [6, 6.07) is -4.97. The maximum atomic E-state index is 12.6. The van der Waals surface area contributed by atoms with Crippen molar-refractivity contribution in [2.45, 2.75) is 70.3 Å². The molecular formula is C18H35N5O7. The van der Waals surface area contributed by atoms with Crippen molar-refractivity contribution in [3.05, 3.63) is 0 Å². The van der Waals surface area contributed by atoms with Crippen LogP contribution in [0.5, 0.6) is 0 Å². The van der Waals surface area contributed by atoms with Crippen LogP contribution in [0.4, 0.5) is 0 Å². The van der Waals surface area contributed by atoms with Crippen LogP contribution in [0.3, 0.4) is 0 Å². The number of rotatable bonds is 14. The van der Waals surface area contributed by atoms with Crippen LogP contribution in [0, 0.1) is 5.92 Å². The smallest absolute Gasteiger partial charge is 0.326 e. The van der Waals surface area contributed by atoms with Crippen molar-refractivity contribution in [1.82, 2.24) is 16.0 Å². The van der Waals surface area contributed by atoms with Gasteiger partial charge in [-0.25, -0.2) is 4.79 Å². The largest absolute Gasteiger partial charge is 0.480 e. The molecular weight excluding hydrogens is 398 g/mol. The summed E-state index contributed by atoms with van der Waals surface area (Å²) in [5.41, 5.74) is 10.9. The second-order valence-electron chi connectivity index (χ2n) is 7.43. The number of carbonyl (C=O) groups excluding carboxylic acids is 3. The Morgan fingerprint density at radius 1 is 0.900 bits per heavy atom. The molecule has 5 atom stereocenters. The van der Waals surface area contributed by atoms with Crippen molar-refractivity contribution in [3.63, 3.8) is 0 Å². The van der Waals surface area contributed by atoms with E-state index in [1.807, 2.05) is 0 Å². The number of aliphatic carboxylic acids is 1. The molecule has 0 heterocycles. The van der Waals surface area contributed by atoms with Crippen LogP contribution >= 0.6 is 0 Å². The molecule has 0 saturated heterocycles. The van der Waals surface area contributed by atoms with Gasteiger partial charge in [0.2, 0.25) is 17.7 Å². The van der Waals surface area contributed by atoms with Gasteiger partial charge in [-0.2, -0.15) is 0 Å². The monoisotopic (exact) mass is 433 g/mol. The lowest BCUT2D eigenvalue weighted by Crippen LogP contribution is -2.60. The summed E-state index contributed by atoms with van der Waals surface area (Å²) in [5, 5.41) is 35.2. The van der Waals surface area contributed by atoms with Crippen molar-refractivity contribution in [2.75, 3.05) is 13.2 Å². The Bertz CT molecular complexity index is 585. The van der Waals surface area contributed by atoms with Crippen molar-refractivity contribution in [1.29, 1.82) is 0 Å². The van der Waals surface area contributed by atoms with Crippen molar-refractivity contribution in [3.8, 4) is 0 Å². The van der Waals surface area contributed by atoms with E-state index >= 15 is 0 Å². The molecule has 0 aromatic rings. The van der Waals surface area contributed by atoms with Crippen LogP contribution < -0.4 is 27.4 Å². The number of amides is 3. The summed E-state index contributed by atoms with van der Waals surface area (Å²) < 4.78 is 0. The van der Waals surface area contributed by atoms with E-state index in [0.29, 0.717) is 19.4 Å². The average molecular weight is 434 g/mol. The summed E-state index contributed by atoms with van der Waals surface area (Å²) in [4.78, 5) is 48.5.